The number of nitrogens with zero attached hydrogens (tertiary/aromatic N) is 1. The van der Waals surface area contributed by atoms with Gasteiger partial charge in [0.1, 0.15) is 23.1 Å². The molecule has 0 bridgehead atoms. The number of hydrogen-bond donors (Lipinski definition) is 1. The predicted octanol–water partition coefficient (Wildman–Crippen LogP) is 3.49. The van der Waals surface area contributed by atoms with Gasteiger partial charge in [0.05, 0.1) is 5.56 Å². The van der Waals surface area contributed by atoms with Crippen LogP contribution in [-0.4, -0.2) is 17.4 Å². The molecule has 1 aromatic carbocycles. The Morgan fingerprint density at radius 3 is 2.86 bits per heavy atom. The zero-order chi connectivity index (χ0) is 16.2. The fourth-order valence-electron chi connectivity index (χ4n) is 1.64. The fourth-order valence-corrected chi connectivity index (χ4v) is 2.33. The summed E-state index contributed by atoms with van der Waals surface area (Å²) in [5.41, 5.74) is -0.498. The van der Waals surface area contributed by atoms with Gasteiger partial charge in [-0.3, -0.25) is 4.79 Å². The Bertz CT molecular complexity index is 656. The second kappa shape index (κ2) is 6.78. The first-order valence-electron chi connectivity index (χ1n) is 6.43. The van der Waals surface area contributed by atoms with Gasteiger partial charge in [-0.15, -0.1) is 11.3 Å². The van der Waals surface area contributed by atoms with Crippen LogP contribution in [0.1, 0.15) is 28.0 Å². The van der Waals surface area contributed by atoms with Crippen LogP contribution in [0, 0.1) is 0 Å². The molecule has 4 nitrogen and oxygen atoms in total. The number of hydrogen-bond acceptors (Lipinski definition) is 4. The molecule has 0 radical (unpaired) electrons. The van der Waals surface area contributed by atoms with Crippen LogP contribution in [0.15, 0.2) is 29.6 Å². The van der Waals surface area contributed by atoms with Gasteiger partial charge < -0.3 is 10.1 Å². The number of alkyl halides is 3. The molecule has 0 fully saturated rings. The standard InChI is InChI=1S/C14H13F3N2O2S/c1-2-18-13(20)11-8-22-12(19-11)7-21-10-5-3-4-9(6-10)14(15,16)17/h3-6,8H,2,7H2,1H3,(H,18,20). The van der Waals surface area contributed by atoms with E-state index in [0.29, 0.717) is 11.6 Å². The molecule has 1 aromatic heterocycles. The molecule has 1 amide bonds. The summed E-state index contributed by atoms with van der Waals surface area (Å²) in [6.07, 6.45) is -4.41. The topological polar surface area (TPSA) is 51.2 Å². The Hall–Kier alpha value is -2.09. The van der Waals surface area contributed by atoms with Gasteiger partial charge in [0.2, 0.25) is 0 Å². The minimum absolute atomic E-state index is 0.00534. The number of carbonyl (C=O) groups is 1. The Labute approximate surface area is 128 Å². The number of nitrogens with one attached hydrogen (secondary N) is 1. The Balaban J connectivity index is 2.00. The summed E-state index contributed by atoms with van der Waals surface area (Å²) < 4.78 is 43.1. The number of benzene rings is 1. The lowest BCUT2D eigenvalue weighted by molar-refractivity contribution is -0.137. The number of thiazole rings is 1. The maximum absolute atomic E-state index is 12.6. The summed E-state index contributed by atoms with van der Waals surface area (Å²) in [6.45, 7) is 2.29. The summed E-state index contributed by atoms with van der Waals surface area (Å²) in [6, 6.07) is 4.62. The third kappa shape index (κ3) is 4.20. The quantitative estimate of drug-likeness (QED) is 0.913. The molecule has 2 rings (SSSR count). The number of halogens is 3. The zero-order valence-corrected chi connectivity index (χ0v) is 12.4. The van der Waals surface area contributed by atoms with Crippen LogP contribution in [-0.2, 0) is 12.8 Å². The molecule has 22 heavy (non-hydrogen) atoms. The molecule has 0 aliphatic carbocycles. The van der Waals surface area contributed by atoms with Gasteiger partial charge in [-0.25, -0.2) is 4.98 Å². The molecule has 1 heterocycles. The number of carbonyl (C=O) groups excluding carboxylic acids is 1. The molecule has 0 unspecified atom stereocenters. The summed E-state index contributed by atoms with van der Waals surface area (Å²) in [5, 5.41) is 4.70. The molecule has 118 valence electrons. The highest BCUT2D eigenvalue weighted by atomic mass is 32.1. The van der Waals surface area contributed by atoms with Crippen molar-refractivity contribution in [3.05, 3.63) is 45.9 Å². The van der Waals surface area contributed by atoms with E-state index in [2.05, 4.69) is 10.3 Å². The molecular weight excluding hydrogens is 317 g/mol. The van der Waals surface area contributed by atoms with E-state index in [4.69, 9.17) is 4.74 Å². The van der Waals surface area contributed by atoms with E-state index in [-0.39, 0.29) is 24.0 Å². The van der Waals surface area contributed by atoms with E-state index in [0.717, 1.165) is 12.1 Å². The summed E-state index contributed by atoms with van der Waals surface area (Å²) in [7, 11) is 0. The van der Waals surface area contributed by atoms with Crippen molar-refractivity contribution in [2.45, 2.75) is 19.7 Å². The van der Waals surface area contributed by atoms with Crippen molar-refractivity contribution in [1.82, 2.24) is 10.3 Å². The van der Waals surface area contributed by atoms with Crippen molar-refractivity contribution in [3.63, 3.8) is 0 Å². The SMILES string of the molecule is CCNC(=O)c1csc(COc2cccc(C(F)(F)F)c2)n1. The lowest BCUT2D eigenvalue weighted by Crippen LogP contribution is -2.22. The fraction of sp³-hybridized carbons (Fsp3) is 0.286. The van der Waals surface area contributed by atoms with Gasteiger partial charge >= 0.3 is 6.18 Å². The van der Waals surface area contributed by atoms with Gasteiger partial charge in [-0.1, -0.05) is 6.07 Å². The van der Waals surface area contributed by atoms with Gasteiger partial charge in [0.25, 0.3) is 5.91 Å². The maximum Gasteiger partial charge on any atom is 0.416 e. The molecule has 0 spiro atoms. The Kier molecular flexibility index (Phi) is 5.02. The highest BCUT2D eigenvalue weighted by Crippen LogP contribution is 2.31. The Morgan fingerprint density at radius 1 is 1.41 bits per heavy atom. The molecule has 2 aromatic rings. The molecule has 1 N–H and O–H groups in total. The number of aromatic nitrogens is 1. The van der Waals surface area contributed by atoms with Crippen molar-refractivity contribution < 1.29 is 22.7 Å². The van der Waals surface area contributed by atoms with Crippen LogP contribution in [0.3, 0.4) is 0 Å². The van der Waals surface area contributed by atoms with Gasteiger partial charge in [0.15, 0.2) is 0 Å². The minimum Gasteiger partial charge on any atom is -0.486 e. The predicted molar refractivity (Wildman–Crippen MR) is 75.9 cm³/mol. The van der Waals surface area contributed by atoms with E-state index in [1.165, 1.54) is 23.5 Å². The smallest absolute Gasteiger partial charge is 0.416 e. The zero-order valence-electron chi connectivity index (χ0n) is 11.6. The Morgan fingerprint density at radius 2 is 2.18 bits per heavy atom. The van der Waals surface area contributed by atoms with Crippen molar-refractivity contribution in [2.75, 3.05) is 6.54 Å². The molecule has 8 heteroatoms. The van der Waals surface area contributed by atoms with Crippen LogP contribution in [0.5, 0.6) is 5.75 Å². The monoisotopic (exact) mass is 330 g/mol. The second-order valence-corrected chi connectivity index (χ2v) is 5.24. The van der Waals surface area contributed by atoms with E-state index in [9.17, 15) is 18.0 Å². The summed E-state index contributed by atoms with van der Waals surface area (Å²) >= 11 is 1.21. The summed E-state index contributed by atoms with van der Waals surface area (Å²) in [5.74, 6) is -0.186. The van der Waals surface area contributed by atoms with E-state index < -0.39 is 11.7 Å². The molecule has 0 aliphatic rings. The van der Waals surface area contributed by atoms with Crippen LogP contribution >= 0.6 is 11.3 Å². The highest BCUT2D eigenvalue weighted by molar-refractivity contribution is 7.09. The number of amides is 1. The highest BCUT2D eigenvalue weighted by Gasteiger charge is 2.30. The van der Waals surface area contributed by atoms with Crippen molar-refractivity contribution in [3.8, 4) is 5.75 Å². The van der Waals surface area contributed by atoms with Crippen LogP contribution in [0.4, 0.5) is 13.2 Å². The average Bonchev–Trinajstić information content (AvgIpc) is 2.94. The molecular formula is C14H13F3N2O2S. The van der Waals surface area contributed by atoms with Crippen molar-refractivity contribution >= 4 is 17.2 Å². The van der Waals surface area contributed by atoms with Crippen molar-refractivity contribution in [2.24, 2.45) is 0 Å². The minimum atomic E-state index is -4.41. The van der Waals surface area contributed by atoms with E-state index >= 15 is 0 Å². The third-order valence-corrected chi connectivity index (χ3v) is 3.47. The number of rotatable bonds is 5. The van der Waals surface area contributed by atoms with Crippen LogP contribution in [0.25, 0.3) is 0 Å². The third-order valence-electron chi connectivity index (χ3n) is 2.65. The molecule has 0 atom stereocenters. The number of ether oxygens (including phenoxy) is 1. The van der Waals surface area contributed by atoms with Crippen molar-refractivity contribution in [1.29, 1.82) is 0 Å². The lowest BCUT2D eigenvalue weighted by Gasteiger charge is -2.09. The van der Waals surface area contributed by atoms with Gasteiger partial charge in [-0.05, 0) is 25.1 Å². The first-order valence-corrected chi connectivity index (χ1v) is 7.30. The van der Waals surface area contributed by atoms with Crippen LogP contribution in [0.2, 0.25) is 0 Å². The molecule has 0 aliphatic heterocycles. The van der Waals surface area contributed by atoms with Crippen LogP contribution < -0.4 is 10.1 Å². The van der Waals surface area contributed by atoms with E-state index in [1.54, 1.807) is 12.3 Å². The van der Waals surface area contributed by atoms with Gasteiger partial charge in [-0.2, -0.15) is 13.2 Å². The largest absolute Gasteiger partial charge is 0.486 e. The summed E-state index contributed by atoms with van der Waals surface area (Å²) in [4.78, 5) is 15.6. The second-order valence-electron chi connectivity index (χ2n) is 4.30. The lowest BCUT2D eigenvalue weighted by atomic mass is 10.2. The first-order chi connectivity index (χ1) is 10.4. The first kappa shape index (κ1) is 16.3. The van der Waals surface area contributed by atoms with E-state index in [1.807, 2.05) is 0 Å². The average molecular weight is 330 g/mol. The molecule has 0 saturated carbocycles. The molecule has 0 saturated heterocycles. The maximum atomic E-state index is 12.6. The van der Waals surface area contributed by atoms with Gasteiger partial charge in [0, 0.05) is 11.9 Å². The normalized spacial score (nSPS) is 11.3.